The summed E-state index contributed by atoms with van der Waals surface area (Å²) in [7, 11) is 4.31. The fourth-order valence-electron chi connectivity index (χ4n) is 0.224. The predicted octanol–water partition coefficient (Wildman–Crippen LogP) is 0.394. The first-order valence-electron chi connectivity index (χ1n) is 1.77. The van der Waals surface area contributed by atoms with E-state index in [-0.39, 0.29) is 12.4 Å². The Hall–Kier alpha value is 0.130. The summed E-state index contributed by atoms with van der Waals surface area (Å²) in [6, 6.07) is 0. The van der Waals surface area contributed by atoms with Crippen LogP contribution in [0.4, 0.5) is 0 Å². The van der Waals surface area contributed by atoms with Crippen molar-refractivity contribution in [3.05, 3.63) is 0 Å². The van der Waals surface area contributed by atoms with Crippen molar-refractivity contribution in [2.45, 2.75) is 0 Å². The van der Waals surface area contributed by atoms with Gasteiger partial charge in [0.25, 0.3) is 0 Å². The van der Waals surface area contributed by atoms with Gasteiger partial charge in [0.2, 0.25) is 0 Å². The minimum atomic E-state index is 0. The lowest BCUT2D eigenvalue weighted by Crippen LogP contribution is -2.18. The molecule has 0 N–H and O–H groups in total. The smallest absolute Gasteiger partial charge is 0.0758 e. The lowest BCUT2D eigenvalue weighted by atomic mass is 11.7. The molecule has 0 aliphatic heterocycles. The van der Waals surface area contributed by atoms with Crippen molar-refractivity contribution in [2.75, 3.05) is 21.3 Å². The molecule has 0 rings (SSSR count). The molecular formula is C3H10ClNO3. The minimum Gasteiger partial charge on any atom is -0.254 e. The standard InChI is InChI=1S/C3H9NO3.ClH/c1-5-4(6-2)7-3;/h1-3H3;1H. The minimum absolute atomic E-state index is 0. The van der Waals surface area contributed by atoms with Gasteiger partial charge >= 0.3 is 0 Å². The molecule has 0 heterocycles. The van der Waals surface area contributed by atoms with Crippen LogP contribution in [0.3, 0.4) is 0 Å². The van der Waals surface area contributed by atoms with Crippen molar-refractivity contribution in [3.63, 3.8) is 0 Å². The second-order valence-corrected chi connectivity index (χ2v) is 0.771. The Morgan fingerprint density at radius 3 is 1.12 bits per heavy atom. The second-order valence-electron chi connectivity index (χ2n) is 0.771. The van der Waals surface area contributed by atoms with Crippen LogP contribution in [0.25, 0.3) is 0 Å². The van der Waals surface area contributed by atoms with E-state index in [0.717, 1.165) is 5.39 Å². The third-order valence-electron chi connectivity index (χ3n) is 0.447. The highest BCUT2D eigenvalue weighted by molar-refractivity contribution is 5.85. The Balaban J connectivity index is 0. The van der Waals surface area contributed by atoms with E-state index in [4.69, 9.17) is 0 Å². The Bertz CT molecular complexity index is 36.0. The number of hydrogen-bond donors (Lipinski definition) is 0. The van der Waals surface area contributed by atoms with E-state index in [1.807, 2.05) is 0 Å². The van der Waals surface area contributed by atoms with Gasteiger partial charge in [-0.2, -0.15) is 0 Å². The van der Waals surface area contributed by atoms with Gasteiger partial charge in [0.05, 0.1) is 26.7 Å². The average Bonchev–Trinajstić information content (AvgIpc) is 1.72. The maximum Gasteiger partial charge on any atom is 0.0758 e. The fraction of sp³-hybridized carbons (Fsp3) is 1.00. The largest absolute Gasteiger partial charge is 0.254 e. The summed E-state index contributed by atoms with van der Waals surface area (Å²) in [4.78, 5) is 13.3. The van der Waals surface area contributed by atoms with E-state index in [2.05, 4.69) is 14.5 Å². The lowest BCUT2D eigenvalue weighted by Gasteiger charge is -2.10. The van der Waals surface area contributed by atoms with Gasteiger partial charge < -0.3 is 0 Å². The summed E-state index contributed by atoms with van der Waals surface area (Å²) in [6.07, 6.45) is 0. The van der Waals surface area contributed by atoms with Crippen molar-refractivity contribution < 1.29 is 14.5 Å². The molecule has 0 atom stereocenters. The number of hydrogen-bond acceptors (Lipinski definition) is 4. The fourth-order valence-corrected chi connectivity index (χ4v) is 0.224. The van der Waals surface area contributed by atoms with Crippen LogP contribution in [0.1, 0.15) is 0 Å². The highest BCUT2D eigenvalue weighted by Crippen LogP contribution is 1.83. The van der Waals surface area contributed by atoms with Gasteiger partial charge in [-0.1, -0.05) is 0 Å². The summed E-state index contributed by atoms with van der Waals surface area (Å²) in [5, 5.41) is 0.875. The molecule has 0 aromatic heterocycles. The normalized spacial score (nSPS) is 9.00. The van der Waals surface area contributed by atoms with Gasteiger partial charge in [0.15, 0.2) is 0 Å². The van der Waals surface area contributed by atoms with Gasteiger partial charge in [0, 0.05) is 0 Å². The molecule has 0 radical (unpaired) electrons. The predicted molar refractivity (Wildman–Crippen MR) is 30.1 cm³/mol. The molecule has 0 aromatic carbocycles. The van der Waals surface area contributed by atoms with Crippen molar-refractivity contribution >= 4 is 12.4 Å². The van der Waals surface area contributed by atoms with Crippen LogP contribution in [-0.2, 0) is 14.5 Å². The first-order chi connectivity index (χ1) is 3.35. The Labute approximate surface area is 54.6 Å². The summed E-state index contributed by atoms with van der Waals surface area (Å²) >= 11 is 0. The number of nitrogens with zero attached hydrogens (tertiary/aromatic N) is 1. The molecular weight excluding hydrogens is 133 g/mol. The highest BCUT2D eigenvalue weighted by atomic mass is 35.5. The molecule has 0 fully saturated rings. The maximum absolute atomic E-state index is 4.44. The Kier molecular flexibility index (Phi) is 9.80. The summed E-state index contributed by atoms with van der Waals surface area (Å²) in [5.74, 6) is 0. The molecule has 0 aliphatic carbocycles. The molecule has 0 saturated carbocycles. The second kappa shape index (κ2) is 7.13. The molecule has 8 heavy (non-hydrogen) atoms. The van der Waals surface area contributed by atoms with Crippen LogP contribution in [0.2, 0.25) is 0 Å². The molecule has 0 unspecified atom stereocenters. The summed E-state index contributed by atoms with van der Waals surface area (Å²) in [5.41, 5.74) is 0. The maximum atomic E-state index is 4.44. The Morgan fingerprint density at radius 2 is 1.12 bits per heavy atom. The van der Waals surface area contributed by atoms with E-state index in [1.165, 1.54) is 21.3 Å². The van der Waals surface area contributed by atoms with Crippen molar-refractivity contribution in [1.82, 2.24) is 5.39 Å². The van der Waals surface area contributed by atoms with Crippen LogP contribution >= 0.6 is 12.4 Å². The van der Waals surface area contributed by atoms with Crippen LogP contribution in [0.15, 0.2) is 0 Å². The van der Waals surface area contributed by atoms with Crippen molar-refractivity contribution in [3.8, 4) is 0 Å². The average molecular weight is 144 g/mol. The van der Waals surface area contributed by atoms with Crippen LogP contribution in [0.5, 0.6) is 0 Å². The zero-order valence-corrected chi connectivity index (χ0v) is 5.90. The Morgan fingerprint density at radius 1 is 0.875 bits per heavy atom. The van der Waals surface area contributed by atoms with E-state index in [1.54, 1.807) is 0 Å². The lowest BCUT2D eigenvalue weighted by molar-refractivity contribution is -0.502. The number of halogens is 1. The molecule has 52 valence electrons. The van der Waals surface area contributed by atoms with Crippen LogP contribution in [0, 0.1) is 0 Å². The van der Waals surface area contributed by atoms with Crippen LogP contribution in [-0.4, -0.2) is 26.7 Å². The molecule has 4 nitrogen and oxygen atoms in total. The van der Waals surface area contributed by atoms with Crippen molar-refractivity contribution in [1.29, 1.82) is 0 Å². The van der Waals surface area contributed by atoms with Gasteiger partial charge in [0.1, 0.15) is 0 Å². The van der Waals surface area contributed by atoms with Gasteiger partial charge in [-0.3, -0.25) is 14.5 Å². The van der Waals surface area contributed by atoms with Crippen molar-refractivity contribution in [2.24, 2.45) is 0 Å². The molecule has 0 aromatic rings. The third kappa shape index (κ3) is 4.29. The first kappa shape index (κ1) is 11.0. The van der Waals surface area contributed by atoms with E-state index < -0.39 is 0 Å². The quantitative estimate of drug-likeness (QED) is 0.535. The van der Waals surface area contributed by atoms with Gasteiger partial charge in [-0.15, -0.1) is 12.4 Å². The SMILES string of the molecule is CON(OC)OC.Cl. The van der Waals surface area contributed by atoms with E-state index in [9.17, 15) is 0 Å². The number of rotatable bonds is 3. The van der Waals surface area contributed by atoms with Crippen LogP contribution < -0.4 is 0 Å². The molecule has 0 bridgehead atoms. The van der Waals surface area contributed by atoms with E-state index >= 15 is 0 Å². The third-order valence-corrected chi connectivity index (χ3v) is 0.447. The first-order valence-corrected chi connectivity index (χ1v) is 1.77. The molecule has 0 saturated heterocycles. The molecule has 0 aliphatic rings. The monoisotopic (exact) mass is 143 g/mol. The highest BCUT2D eigenvalue weighted by Gasteiger charge is 1.92. The molecule has 0 amide bonds. The zero-order chi connectivity index (χ0) is 5.70. The van der Waals surface area contributed by atoms with Gasteiger partial charge in [-0.05, 0) is 0 Å². The zero-order valence-electron chi connectivity index (χ0n) is 5.08. The molecule has 5 heteroatoms. The summed E-state index contributed by atoms with van der Waals surface area (Å²) in [6.45, 7) is 0. The van der Waals surface area contributed by atoms with E-state index in [0.29, 0.717) is 0 Å². The topological polar surface area (TPSA) is 30.9 Å². The molecule has 0 spiro atoms. The summed E-state index contributed by atoms with van der Waals surface area (Å²) < 4.78 is 0. The van der Waals surface area contributed by atoms with Gasteiger partial charge in [-0.25, -0.2) is 0 Å².